The Morgan fingerprint density at radius 2 is 2.15 bits per heavy atom. The molecule has 0 aliphatic heterocycles. The van der Waals surface area contributed by atoms with Crippen LogP contribution in [-0.2, 0) is 16.4 Å². The Hall–Kier alpha value is -1.11. The van der Waals surface area contributed by atoms with Gasteiger partial charge in [0.15, 0.2) is 0 Å². The molecule has 0 radical (unpaired) electrons. The summed E-state index contributed by atoms with van der Waals surface area (Å²) in [5, 5.41) is 9.75. The van der Waals surface area contributed by atoms with Crippen molar-refractivity contribution >= 4 is 15.7 Å². The van der Waals surface area contributed by atoms with Gasteiger partial charge < -0.3 is 10.8 Å². The summed E-state index contributed by atoms with van der Waals surface area (Å²) in [6.07, 6.45) is 2.80. The van der Waals surface area contributed by atoms with Crippen molar-refractivity contribution in [3.8, 4) is 0 Å². The van der Waals surface area contributed by atoms with E-state index < -0.39 is 16.1 Å². The molecule has 0 spiro atoms. The fourth-order valence-electron chi connectivity index (χ4n) is 2.66. The SMILES string of the molecule is CCc1ccc(N)cc1S(=O)(=O)NCC1CCCC1O. The van der Waals surface area contributed by atoms with E-state index in [1.807, 2.05) is 6.92 Å². The fourth-order valence-corrected chi connectivity index (χ4v) is 4.10. The minimum absolute atomic E-state index is 0.0101. The van der Waals surface area contributed by atoms with Crippen LogP contribution < -0.4 is 10.5 Å². The smallest absolute Gasteiger partial charge is 0.240 e. The van der Waals surface area contributed by atoms with Crippen LogP contribution in [0.3, 0.4) is 0 Å². The van der Waals surface area contributed by atoms with Crippen molar-refractivity contribution in [3.63, 3.8) is 0 Å². The Kier molecular flexibility index (Phi) is 4.67. The molecule has 4 N–H and O–H groups in total. The van der Waals surface area contributed by atoms with Crippen molar-refractivity contribution in [2.45, 2.75) is 43.6 Å². The number of rotatable bonds is 5. The summed E-state index contributed by atoms with van der Waals surface area (Å²) >= 11 is 0. The van der Waals surface area contributed by atoms with Crippen molar-refractivity contribution in [2.24, 2.45) is 5.92 Å². The molecule has 2 atom stereocenters. The van der Waals surface area contributed by atoms with Crippen molar-refractivity contribution in [1.29, 1.82) is 0 Å². The quantitative estimate of drug-likeness (QED) is 0.714. The number of sulfonamides is 1. The lowest BCUT2D eigenvalue weighted by Gasteiger charge is -2.16. The molecule has 0 amide bonds. The second kappa shape index (κ2) is 6.11. The molecule has 6 heteroatoms. The molecule has 5 nitrogen and oxygen atoms in total. The lowest BCUT2D eigenvalue weighted by molar-refractivity contribution is 0.134. The highest BCUT2D eigenvalue weighted by Gasteiger charge is 2.27. The van der Waals surface area contributed by atoms with E-state index in [1.165, 1.54) is 6.07 Å². The fraction of sp³-hybridized carbons (Fsp3) is 0.571. The molecule has 2 unspecified atom stereocenters. The van der Waals surface area contributed by atoms with Crippen LogP contribution in [0.2, 0.25) is 0 Å². The summed E-state index contributed by atoms with van der Waals surface area (Å²) in [6.45, 7) is 2.19. The van der Waals surface area contributed by atoms with E-state index in [-0.39, 0.29) is 17.4 Å². The van der Waals surface area contributed by atoms with Crippen molar-refractivity contribution < 1.29 is 13.5 Å². The Balaban J connectivity index is 2.15. The number of benzene rings is 1. The minimum atomic E-state index is -3.58. The van der Waals surface area contributed by atoms with Crippen LogP contribution >= 0.6 is 0 Å². The number of aliphatic hydroxyl groups is 1. The van der Waals surface area contributed by atoms with E-state index in [0.29, 0.717) is 12.1 Å². The van der Waals surface area contributed by atoms with Gasteiger partial charge in [0, 0.05) is 12.2 Å². The summed E-state index contributed by atoms with van der Waals surface area (Å²) in [4.78, 5) is 0.243. The zero-order chi connectivity index (χ0) is 14.8. The summed E-state index contributed by atoms with van der Waals surface area (Å²) in [5.74, 6) is 0.0101. The first-order valence-corrected chi connectivity index (χ1v) is 8.48. The maximum absolute atomic E-state index is 12.4. The molecule has 1 fully saturated rings. The van der Waals surface area contributed by atoms with Gasteiger partial charge in [0.05, 0.1) is 11.0 Å². The maximum Gasteiger partial charge on any atom is 0.240 e. The van der Waals surface area contributed by atoms with Crippen LogP contribution in [0.25, 0.3) is 0 Å². The lowest BCUT2D eigenvalue weighted by atomic mass is 10.1. The van der Waals surface area contributed by atoms with Gasteiger partial charge in [0.25, 0.3) is 0 Å². The highest BCUT2D eigenvalue weighted by molar-refractivity contribution is 7.89. The molecule has 1 aromatic rings. The van der Waals surface area contributed by atoms with E-state index in [4.69, 9.17) is 5.73 Å². The molecular formula is C14H22N2O3S. The third kappa shape index (κ3) is 3.31. The Labute approximate surface area is 120 Å². The first-order valence-electron chi connectivity index (χ1n) is 7.00. The van der Waals surface area contributed by atoms with Crippen LogP contribution in [0, 0.1) is 5.92 Å². The second-order valence-electron chi connectivity index (χ2n) is 5.33. The van der Waals surface area contributed by atoms with E-state index >= 15 is 0 Å². The number of aryl methyl sites for hydroxylation is 1. The summed E-state index contributed by atoms with van der Waals surface area (Å²) in [5.41, 5.74) is 6.87. The Morgan fingerprint density at radius 1 is 1.40 bits per heavy atom. The third-order valence-corrected chi connectivity index (χ3v) is 5.42. The number of anilines is 1. The van der Waals surface area contributed by atoms with Gasteiger partial charge in [0.2, 0.25) is 10.0 Å². The predicted molar refractivity (Wildman–Crippen MR) is 78.8 cm³/mol. The molecule has 1 aliphatic carbocycles. The van der Waals surface area contributed by atoms with Gasteiger partial charge in [-0.1, -0.05) is 19.4 Å². The van der Waals surface area contributed by atoms with Gasteiger partial charge in [-0.25, -0.2) is 13.1 Å². The van der Waals surface area contributed by atoms with Crippen LogP contribution in [-0.4, -0.2) is 26.2 Å². The first kappa shape index (κ1) is 15.3. The maximum atomic E-state index is 12.4. The predicted octanol–water partition coefficient (Wildman–Crippen LogP) is 1.27. The van der Waals surface area contributed by atoms with Gasteiger partial charge in [0.1, 0.15) is 0 Å². The average Bonchev–Trinajstić information content (AvgIpc) is 2.82. The lowest BCUT2D eigenvalue weighted by Crippen LogP contribution is -2.33. The van der Waals surface area contributed by atoms with E-state index in [1.54, 1.807) is 12.1 Å². The van der Waals surface area contributed by atoms with E-state index in [2.05, 4.69) is 4.72 Å². The number of nitrogen functional groups attached to an aromatic ring is 1. The van der Waals surface area contributed by atoms with Gasteiger partial charge >= 0.3 is 0 Å². The molecule has 1 saturated carbocycles. The molecule has 1 aliphatic rings. The largest absolute Gasteiger partial charge is 0.399 e. The van der Waals surface area contributed by atoms with Crippen LogP contribution in [0.1, 0.15) is 31.7 Å². The van der Waals surface area contributed by atoms with Gasteiger partial charge in [-0.15, -0.1) is 0 Å². The molecule has 0 saturated heterocycles. The van der Waals surface area contributed by atoms with Gasteiger partial charge in [-0.3, -0.25) is 0 Å². The van der Waals surface area contributed by atoms with Crippen LogP contribution in [0.15, 0.2) is 23.1 Å². The first-order chi connectivity index (χ1) is 9.44. The van der Waals surface area contributed by atoms with Crippen molar-refractivity contribution in [1.82, 2.24) is 4.72 Å². The number of nitrogens with one attached hydrogen (secondary N) is 1. The number of aliphatic hydroxyl groups excluding tert-OH is 1. The summed E-state index contributed by atoms with van der Waals surface area (Å²) in [6, 6.07) is 4.94. The normalized spacial score (nSPS) is 23.1. The van der Waals surface area contributed by atoms with Crippen molar-refractivity contribution in [2.75, 3.05) is 12.3 Å². The highest BCUT2D eigenvalue weighted by Crippen LogP contribution is 2.26. The molecule has 0 bridgehead atoms. The number of hydrogen-bond donors (Lipinski definition) is 3. The van der Waals surface area contributed by atoms with Crippen LogP contribution in [0.5, 0.6) is 0 Å². The minimum Gasteiger partial charge on any atom is -0.399 e. The Bertz CT molecular complexity index is 572. The highest BCUT2D eigenvalue weighted by atomic mass is 32.2. The molecule has 1 aromatic carbocycles. The number of hydrogen-bond acceptors (Lipinski definition) is 4. The number of nitrogens with two attached hydrogens (primary N) is 1. The average molecular weight is 298 g/mol. The summed E-state index contributed by atoms with van der Waals surface area (Å²) in [7, 11) is -3.58. The molecule has 0 heterocycles. The molecule has 0 aromatic heterocycles. The zero-order valence-corrected chi connectivity index (χ0v) is 12.5. The molecule has 20 heavy (non-hydrogen) atoms. The monoisotopic (exact) mass is 298 g/mol. The topological polar surface area (TPSA) is 92.4 Å². The van der Waals surface area contributed by atoms with Crippen molar-refractivity contribution in [3.05, 3.63) is 23.8 Å². The van der Waals surface area contributed by atoms with E-state index in [9.17, 15) is 13.5 Å². The van der Waals surface area contributed by atoms with Crippen LogP contribution in [0.4, 0.5) is 5.69 Å². The van der Waals surface area contributed by atoms with Gasteiger partial charge in [-0.2, -0.15) is 0 Å². The molecule has 2 rings (SSSR count). The van der Waals surface area contributed by atoms with E-state index in [0.717, 1.165) is 24.8 Å². The standard InChI is InChI=1S/C14H22N2O3S/c1-2-10-6-7-12(15)8-14(10)20(18,19)16-9-11-4-3-5-13(11)17/h6-8,11,13,16-17H,2-5,9,15H2,1H3. The zero-order valence-electron chi connectivity index (χ0n) is 11.7. The summed E-state index contributed by atoms with van der Waals surface area (Å²) < 4.78 is 27.4. The molecule has 112 valence electrons. The second-order valence-corrected chi connectivity index (χ2v) is 7.07. The Morgan fingerprint density at radius 3 is 2.75 bits per heavy atom. The molecular weight excluding hydrogens is 276 g/mol. The van der Waals surface area contributed by atoms with Gasteiger partial charge in [-0.05, 0) is 42.9 Å². The third-order valence-electron chi connectivity index (χ3n) is 3.92.